The molecule has 0 spiro atoms. The molecule has 0 bridgehead atoms. The lowest BCUT2D eigenvalue weighted by Gasteiger charge is -2.31. The van der Waals surface area contributed by atoms with Gasteiger partial charge in [0.15, 0.2) is 0 Å². The summed E-state index contributed by atoms with van der Waals surface area (Å²) in [5.74, 6) is 0.747. The van der Waals surface area contributed by atoms with Gasteiger partial charge in [-0.25, -0.2) is 4.98 Å². The standard InChI is InChI=1S/C20H25N3O3S/c24-18(14-3-1-4-14)21-8-6-17-13-27-19(22-17)15-5-2-9-23(11-15)20(25)16-7-10-26-12-16/h7,10,12-15H,1-6,8-9,11H2,(H,21,24). The highest BCUT2D eigenvalue weighted by molar-refractivity contribution is 7.09. The Hall–Kier alpha value is -2.15. The van der Waals surface area contributed by atoms with Crippen molar-refractivity contribution in [2.45, 2.75) is 44.4 Å². The van der Waals surface area contributed by atoms with Crippen molar-refractivity contribution in [2.24, 2.45) is 5.92 Å². The fraction of sp³-hybridized carbons (Fsp3) is 0.550. The minimum absolute atomic E-state index is 0.0314. The van der Waals surface area contributed by atoms with E-state index in [1.54, 1.807) is 17.4 Å². The Kier molecular flexibility index (Phi) is 5.57. The Bertz CT molecular complexity index is 782. The summed E-state index contributed by atoms with van der Waals surface area (Å²) in [4.78, 5) is 31.1. The molecule has 1 N–H and O–H groups in total. The minimum Gasteiger partial charge on any atom is -0.472 e. The predicted octanol–water partition coefficient (Wildman–Crippen LogP) is 3.21. The normalized spacial score (nSPS) is 20.3. The number of carbonyl (C=O) groups is 2. The molecule has 1 saturated heterocycles. The third kappa shape index (κ3) is 4.24. The highest BCUT2D eigenvalue weighted by Crippen LogP contribution is 2.30. The molecule has 1 unspecified atom stereocenters. The highest BCUT2D eigenvalue weighted by Gasteiger charge is 2.28. The van der Waals surface area contributed by atoms with E-state index in [2.05, 4.69) is 10.7 Å². The monoisotopic (exact) mass is 387 g/mol. The number of piperidine rings is 1. The topological polar surface area (TPSA) is 75.4 Å². The minimum atomic E-state index is 0.0314. The maximum atomic E-state index is 12.5. The Morgan fingerprint density at radius 2 is 2.19 bits per heavy atom. The molecule has 144 valence electrons. The number of likely N-dealkylation sites (tertiary alicyclic amines) is 1. The Morgan fingerprint density at radius 3 is 2.93 bits per heavy atom. The van der Waals surface area contributed by atoms with Gasteiger partial charge in [-0.15, -0.1) is 11.3 Å². The lowest BCUT2D eigenvalue weighted by atomic mass is 9.85. The third-order valence-electron chi connectivity index (χ3n) is 5.55. The van der Waals surface area contributed by atoms with Crippen LogP contribution in [0, 0.1) is 5.92 Å². The van der Waals surface area contributed by atoms with E-state index in [1.165, 1.54) is 18.9 Å². The zero-order chi connectivity index (χ0) is 18.6. The summed E-state index contributed by atoms with van der Waals surface area (Å²) < 4.78 is 5.03. The van der Waals surface area contributed by atoms with Crippen LogP contribution >= 0.6 is 11.3 Å². The van der Waals surface area contributed by atoms with Crippen LogP contribution in [-0.2, 0) is 11.2 Å². The Balaban J connectivity index is 1.29. The van der Waals surface area contributed by atoms with Gasteiger partial charge >= 0.3 is 0 Å². The van der Waals surface area contributed by atoms with Crippen LogP contribution in [0.25, 0.3) is 0 Å². The predicted molar refractivity (Wildman–Crippen MR) is 103 cm³/mol. The number of aromatic nitrogens is 1. The van der Waals surface area contributed by atoms with E-state index in [-0.39, 0.29) is 23.7 Å². The molecule has 2 amide bonds. The SMILES string of the molecule is O=C(NCCc1csc(C2CCCN(C(=O)c3ccoc3)C2)n1)C1CCC1. The number of hydrogen-bond donors (Lipinski definition) is 1. The van der Waals surface area contributed by atoms with Gasteiger partial charge in [-0.3, -0.25) is 9.59 Å². The number of hydrogen-bond acceptors (Lipinski definition) is 5. The summed E-state index contributed by atoms with van der Waals surface area (Å²) >= 11 is 1.67. The van der Waals surface area contributed by atoms with Crippen LogP contribution in [-0.4, -0.2) is 41.3 Å². The van der Waals surface area contributed by atoms with Gasteiger partial charge in [0.2, 0.25) is 5.91 Å². The van der Waals surface area contributed by atoms with Crippen molar-refractivity contribution in [3.05, 3.63) is 40.2 Å². The maximum Gasteiger partial charge on any atom is 0.257 e. The molecule has 6 nitrogen and oxygen atoms in total. The molecule has 7 heteroatoms. The van der Waals surface area contributed by atoms with E-state index in [9.17, 15) is 9.59 Å². The summed E-state index contributed by atoms with van der Waals surface area (Å²) in [5, 5.41) is 6.21. The van der Waals surface area contributed by atoms with Crippen molar-refractivity contribution < 1.29 is 14.0 Å². The first-order valence-corrected chi connectivity index (χ1v) is 10.6. The van der Waals surface area contributed by atoms with Crippen LogP contribution in [0.5, 0.6) is 0 Å². The zero-order valence-corrected chi connectivity index (χ0v) is 16.2. The van der Waals surface area contributed by atoms with Gasteiger partial charge in [-0.1, -0.05) is 6.42 Å². The summed E-state index contributed by atoms with van der Waals surface area (Å²) in [5.41, 5.74) is 1.64. The van der Waals surface area contributed by atoms with E-state index in [1.807, 2.05) is 4.90 Å². The molecule has 1 saturated carbocycles. The molecule has 1 aliphatic heterocycles. The van der Waals surface area contributed by atoms with Gasteiger partial charge in [0.25, 0.3) is 5.91 Å². The van der Waals surface area contributed by atoms with Crippen molar-refractivity contribution >= 4 is 23.2 Å². The number of furan rings is 1. The van der Waals surface area contributed by atoms with Gasteiger partial charge in [0.1, 0.15) is 6.26 Å². The number of rotatable bonds is 6. The molecule has 0 radical (unpaired) electrons. The second-order valence-corrected chi connectivity index (χ2v) is 8.34. The first-order chi connectivity index (χ1) is 13.2. The van der Waals surface area contributed by atoms with E-state index in [0.29, 0.717) is 18.7 Å². The van der Waals surface area contributed by atoms with Crippen LogP contribution in [0.1, 0.15) is 59.1 Å². The molecule has 2 aromatic rings. The average Bonchev–Trinajstić information content (AvgIpc) is 3.32. The van der Waals surface area contributed by atoms with Gasteiger partial charge in [0.05, 0.1) is 22.5 Å². The smallest absolute Gasteiger partial charge is 0.257 e. The maximum absolute atomic E-state index is 12.5. The Labute approximate surface area is 163 Å². The third-order valence-corrected chi connectivity index (χ3v) is 6.61. The van der Waals surface area contributed by atoms with Crippen molar-refractivity contribution in [2.75, 3.05) is 19.6 Å². The molecule has 1 aliphatic carbocycles. The molecular weight excluding hydrogens is 362 g/mol. The van der Waals surface area contributed by atoms with Crippen molar-refractivity contribution in [1.29, 1.82) is 0 Å². The lowest BCUT2D eigenvalue weighted by molar-refractivity contribution is -0.127. The van der Waals surface area contributed by atoms with Crippen molar-refractivity contribution in [3.8, 4) is 0 Å². The van der Waals surface area contributed by atoms with Crippen LogP contribution in [0.4, 0.5) is 0 Å². The first kappa shape index (κ1) is 18.2. The summed E-state index contributed by atoms with van der Waals surface area (Å²) in [6, 6.07) is 1.71. The van der Waals surface area contributed by atoms with E-state index in [4.69, 9.17) is 9.40 Å². The molecule has 1 atom stereocenters. The first-order valence-electron chi connectivity index (χ1n) is 9.74. The lowest BCUT2D eigenvalue weighted by Crippen LogP contribution is -2.39. The number of nitrogens with zero attached hydrogens (tertiary/aromatic N) is 2. The summed E-state index contributed by atoms with van der Waals surface area (Å²) in [6.45, 7) is 2.13. The second kappa shape index (κ2) is 8.25. The number of thiazole rings is 1. The van der Waals surface area contributed by atoms with Crippen LogP contribution in [0.2, 0.25) is 0 Å². The summed E-state index contributed by atoms with van der Waals surface area (Å²) in [7, 11) is 0. The quantitative estimate of drug-likeness (QED) is 0.826. The molecule has 0 aromatic carbocycles. The molecule has 3 heterocycles. The number of nitrogens with one attached hydrogen (secondary N) is 1. The highest BCUT2D eigenvalue weighted by atomic mass is 32.1. The molecule has 4 rings (SSSR count). The molecule has 2 aliphatic rings. The fourth-order valence-electron chi connectivity index (χ4n) is 3.69. The Morgan fingerprint density at radius 1 is 1.30 bits per heavy atom. The van der Waals surface area contributed by atoms with E-state index in [0.717, 1.165) is 49.4 Å². The van der Waals surface area contributed by atoms with E-state index < -0.39 is 0 Å². The van der Waals surface area contributed by atoms with Crippen LogP contribution in [0.15, 0.2) is 28.4 Å². The van der Waals surface area contributed by atoms with Gasteiger partial charge < -0.3 is 14.6 Å². The number of carbonyl (C=O) groups excluding carboxylic acids is 2. The van der Waals surface area contributed by atoms with Gasteiger partial charge in [-0.05, 0) is 31.7 Å². The summed E-state index contributed by atoms with van der Waals surface area (Å²) in [6.07, 6.45) is 9.08. The largest absolute Gasteiger partial charge is 0.472 e. The zero-order valence-electron chi connectivity index (χ0n) is 15.4. The second-order valence-electron chi connectivity index (χ2n) is 7.45. The van der Waals surface area contributed by atoms with Crippen LogP contribution < -0.4 is 5.32 Å². The van der Waals surface area contributed by atoms with Gasteiger partial charge in [0, 0.05) is 43.3 Å². The van der Waals surface area contributed by atoms with Gasteiger partial charge in [-0.2, -0.15) is 0 Å². The van der Waals surface area contributed by atoms with Crippen molar-refractivity contribution in [3.63, 3.8) is 0 Å². The van der Waals surface area contributed by atoms with E-state index >= 15 is 0 Å². The average molecular weight is 388 g/mol. The molecule has 2 fully saturated rings. The number of amides is 2. The molecule has 27 heavy (non-hydrogen) atoms. The fourth-order valence-corrected chi connectivity index (χ4v) is 4.67. The molecule has 2 aromatic heterocycles. The van der Waals surface area contributed by atoms with Crippen LogP contribution in [0.3, 0.4) is 0 Å². The van der Waals surface area contributed by atoms with Crippen molar-refractivity contribution in [1.82, 2.24) is 15.2 Å². The molecular formula is C20H25N3O3S.